The Balaban J connectivity index is 2.49. The summed E-state index contributed by atoms with van der Waals surface area (Å²) >= 11 is 3.71. The van der Waals surface area contributed by atoms with Crippen LogP contribution in [0.5, 0.6) is 0 Å². The van der Waals surface area contributed by atoms with Gasteiger partial charge in [-0.1, -0.05) is 6.92 Å². The highest BCUT2D eigenvalue weighted by Crippen LogP contribution is 2.22. The molecule has 0 bridgehead atoms. The number of aromatic nitrogens is 1. The lowest BCUT2D eigenvalue weighted by Gasteiger charge is -2.15. The Labute approximate surface area is 107 Å². The van der Waals surface area contributed by atoms with Gasteiger partial charge in [0.2, 0.25) is 0 Å². The number of rotatable bonds is 8. The molecule has 1 aromatic rings. The molecule has 1 heterocycles. The lowest BCUT2D eigenvalue weighted by molar-refractivity contribution is 0.493. The van der Waals surface area contributed by atoms with Crippen molar-refractivity contribution in [1.82, 2.24) is 10.3 Å². The molecule has 1 unspecified atom stereocenters. The molecule has 0 aliphatic rings. The van der Waals surface area contributed by atoms with Gasteiger partial charge in [0.25, 0.3) is 0 Å². The summed E-state index contributed by atoms with van der Waals surface area (Å²) in [5, 5.41) is 7.00. The minimum Gasteiger partial charge on any atom is -0.308 e. The number of thioether (sulfide) groups is 1. The summed E-state index contributed by atoms with van der Waals surface area (Å²) in [5.41, 5.74) is 1.15. The maximum Gasteiger partial charge on any atom is 0.110 e. The van der Waals surface area contributed by atoms with E-state index in [0.717, 1.165) is 12.2 Å². The van der Waals surface area contributed by atoms with Gasteiger partial charge in [-0.15, -0.1) is 11.3 Å². The van der Waals surface area contributed by atoms with E-state index in [4.69, 9.17) is 0 Å². The molecule has 0 saturated carbocycles. The van der Waals surface area contributed by atoms with Gasteiger partial charge in [-0.2, -0.15) is 11.8 Å². The first kappa shape index (κ1) is 14.0. The highest BCUT2D eigenvalue weighted by Gasteiger charge is 2.13. The SMILES string of the molecule is CCCNC(CCCSC)c1nc(C)cs1. The zero-order valence-corrected chi connectivity index (χ0v) is 12.1. The van der Waals surface area contributed by atoms with Crippen molar-refractivity contribution in [3.05, 3.63) is 16.1 Å². The van der Waals surface area contributed by atoms with Gasteiger partial charge in [0.15, 0.2) is 0 Å². The standard InChI is InChI=1S/C12H22N2S2/c1-4-7-13-11(6-5-8-15-3)12-14-10(2)9-16-12/h9,11,13H,4-8H2,1-3H3. The first-order chi connectivity index (χ1) is 7.77. The summed E-state index contributed by atoms with van der Waals surface area (Å²) in [5.74, 6) is 1.24. The van der Waals surface area contributed by atoms with Gasteiger partial charge in [0.1, 0.15) is 5.01 Å². The summed E-state index contributed by atoms with van der Waals surface area (Å²) in [4.78, 5) is 4.59. The van der Waals surface area contributed by atoms with E-state index < -0.39 is 0 Å². The van der Waals surface area contributed by atoms with Crippen molar-refractivity contribution >= 4 is 23.1 Å². The Kier molecular flexibility index (Phi) is 7.08. The van der Waals surface area contributed by atoms with E-state index in [0.29, 0.717) is 6.04 Å². The van der Waals surface area contributed by atoms with Crippen molar-refractivity contribution in [2.75, 3.05) is 18.6 Å². The van der Waals surface area contributed by atoms with Crippen molar-refractivity contribution in [1.29, 1.82) is 0 Å². The van der Waals surface area contributed by atoms with Gasteiger partial charge in [0.05, 0.1) is 6.04 Å². The van der Waals surface area contributed by atoms with Crippen LogP contribution in [0.25, 0.3) is 0 Å². The number of hydrogen-bond donors (Lipinski definition) is 1. The highest BCUT2D eigenvalue weighted by atomic mass is 32.2. The van der Waals surface area contributed by atoms with Gasteiger partial charge >= 0.3 is 0 Å². The Morgan fingerprint density at radius 2 is 2.38 bits per heavy atom. The predicted molar refractivity (Wildman–Crippen MR) is 75.5 cm³/mol. The van der Waals surface area contributed by atoms with Crippen molar-refractivity contribution in [3.63, 3.8) is 0 Å². The van der Waals surface area contributed by atoms with Crippen LogP contribution in [0, 0.1) is 6.92 Å². The molecule has 16 heavy (non-hydrogen) atoms. The molecular formula is C12H22N2S2. The maximum absolute atomic E-state index is 4.59. The van der Waals surface area contributed by atoms with E-state index in [-0.39, 0.29) is 0 Å². The molecule has 1 aromatic heterocycles. The van der Waals surface area contributed by atoms with Crippen LogP contribution in [0.3, 0.4) is 0 Å². The molecular weight excluding hydrogens is 236 g/mol. The van der Waals surface area contributed by atoms with Crippen LogP contribution in [0.1, 0.15) is 42.9 Å². The fraction of sp³-hybridized carbons (Fsp3) is 0.750. The highest BCUT2D eigenvalue weighted by molar-refractivity contribution is 7.98. The third kappa shape index (κ3) is 4.85. The molecule has 0 aliphatic carbocycles. The van der Waals surface area contributed by atoms with Crippen molar-refractivity contribution in [3.8, 4) is 0 Å². The summed E-state index contributed by atoms with van der Waals surface area (Å²) in [6, 6.07) is 0.464. The predicted octanol–water partition coefficient (Wildman–Crippen LogP) is 3.64. The summed E-state index contributed by atoms with van der Waals surface area (Å²) in [6.45, 7) is 5.36. The largest absolute Gasteiger partial charge is 0.308 e. The Hall–Kier alpha value is -0.0600. The second-order valence-corrected chi connectivity index (χ2v) is 5.84. The second kappa shape index (κ2) is 8.09. The lowest BCUT2D eigenvalue weighted by Crippen LogP contribution is -2.22. The maximum atomic E-state index is 4.59. The summed E-state index contributed by atoms with van der Waals surface area (Å²) in [7, 11) is 0. The third-order valence-corrected chi connectivity index (χ3v) is 4.19. The molecule has 2 nitrogen and oxygen atoms in total. The lowest BCUT2D eigenvalue weighted by atomic mass is 10.1. The number of nitrogens with zero attached hydrogens (tertiary/aromatic N) is 1. The van der Waals surface area contributed by atoms with Crippen LogP contribution < -0.4 is 5.32 Å². The average Bonchev–Trinajstić information content (AvgIpc) is 2.70. The summed E-state index contributed by atoms with van der Waals surface area (Å²) in [6.07, 6.45) is 5.82. The minimum absolute atomic E-state index is 0.464. The third-order valence-electron chi connectivity index (χ3n) is 2.42. The molecule has 1 rings (SSSR count). The fourth-order valence-corrected chi connectivity index (χ4v) is 2.96. The van der Waals surface area contributed by atoms with Crippen LogP contribution in [0.4, 0.5) is 0 Å². The van der Waals surface area contributed by atoms with Crippen LogP contribution in [0.2, 0.25) is 0 Å². The van der Waals surface area contributed by atoms with Crippen LogP contribution in [0.15, 0.2) is 5.38 Å². The molecule has 0 aliphatic heterocycles. The molecule has 4 heteroatoms. The fourth-order valence-electron chi connectivity index (χ4n) is 1.60. The Morgan fingerprint density at radius 1 is 1.56 bits per heavy atom. The molecule has 0 radical (unpaired) electrons. The van der Waals surface area contributed by atoms with Gasteiger partial charge < -0.3 is 5.32 Å². The Morgan fingerprint density at radius 3 is 2.94 bits per heavy atom. The van der Waals surface area contributed by atoms with E-state index in [1.54, 1.807) is 11.3 Å². The van der Waals surface area contributed by atoms with Gasteiger partial charge in [-0.3, -0.25) is 0 Å². The number of aryl methyl sites for hydroxylation is 1. The minimum atomic E-state index is 0.464. The van der Waals surface area contributed by atoms with Crippen molar-refractivity contribution in [2.24, 2.45) is 0 Å². The van der Waals surface area contributed by atoms with E-state index in [1.165, 1.54) is 30.0 Å². The zero-order chi connectivity index (χ0) is 11.8. The van der Waals surface area contributed by atoms with Crippen LogP contribution in [-0.4, -0.2) is 23.5 Å². The van der Waals surface area contributed by atoms with Crippen molar-refractivity contribution in [2.45, 2.75) is 39.2 Å². The van der Waals surface area contributed by atoms with E-state index in [2.05, 4.69) is 35.8 Å². The molecule has 92 valence electrons. The molecule has 0 aromatic carbocycles. The summed E-state index contributed by atoms with van der Waals surface area (Å²) < 4.78 is 0. The average molecular weight is 258 g/mol. The quantitative estimate of drug-likeness (QED) is 0.721. The normalized spacial score (nSPS) is 12.9. The molecule has 1 N–H and O–H groups in total. The smallest absolute Gasteiger partial charge is 0.110 e. The van der Waals surface area contributed by atoms with Gasteiger partial charge in [0, 0.05) is 11.1 Å². The zero-order valence-electron chi connectivity index (χ0n) is 10.5. The monoisotopic (exact) mass is 258 g/mol. The Bertz CT molecular complexity index is 286. The second-order valence-electron chi connectivity index (χ2n) is 3.97. The molecule has 0 amide bonds. The van der Waals surface area contributed by atoms with E-state index in [9.17, 15) is 0 Å². The topological polar surface area (TPSA) is 24.9 Å². The molecule has 0 fully saturated rings. The first-order valence-electron chi connectivity index (χ1n) is 5.92. The number of thiazole rings is 1. The van der Waals surface area contributed by atoms with Crippen LogP contribution in [-0.2, 0) is 0 Å². The van der Waals surface area contributed by atoms with Crippen molar-refractivity contribution < 1.29 is 0 Å². The van der Waals surface area contributed by atoms with E-state index >= 15 is 0 Å². The van der Waals surface area contributed by atoms with Gasteiger partial charge in [-0.05, 0) is 44.7 Å². The molecule has 1 atom stereocenters. The molecule has 0 saturated heterocycles. The van der Waals surface area contributed by atoms with Crippen LogP contribution >= 0.6 is 23.1 Å². The van der Waals surface area contributed by atoms with E-state index in [1.807, 2.05) is 11.8 Å². The van der Waals surface area contributed by atoms with Gasteiger partial charge in [-0.25, -0.2) is 4.98 Å². The molecule has 0 spiro atoms. The number of nitrogens with one attached hydrogen (secondary N) is 1. The number of hydrogen-bond acceptors (Lipinski definition) is 4. The first-order valence-corrected chi connectivity index (χ1v) is 8.19.